The summed E-state index contributed by atoms with van der Waals surface area (Å²) in [6.45, 7) is 1.72. The van der Waals surface area contributed by atoms with Gasteiger partial charge in [-0.15, -0.1) is 0 Å². The van der Waals surface area contributed by atoms with Gasteiger partial charge in [0, 0.05) is 17.1 Å². The summed E-state index contributed by atoms with van der Waals surface area (Å²) in [6, 6.07) is 14.5. The van der Waals surface area contributed by atoms with Crippen LogP contribution in [0.5, 0.6) is 0 Å². The molecule has 1 aromatic heterocycles. The van der Waals surface area contributed by atoms with Gasteiger partial charge in [-0.25, -0.2) is 4.79 Å². The van der Waals surface area contributed by atoms with Gasteiger partial charge in [0.15, 0.2) is 6.61 Å². The third kappa shape index (κ3) is 4.64. The van der Waals surface area contributed by atoms with Crippen molar-refractivity contribution >= 4 is 34.4 Å². The van der Waals surface area contributed by atoms with Gasteiger partial charge in [0.2, 0.25) is 0 Å². The average molecular weight is 458 g/mol. The van der Waals surface area contributed by atoms with Crippen LogP contribution in [0.1, 0.15) is 58.2 Å². The first-order valence-corrected chi connectivity index (χ1v) is 11.8. The lowest BCUT2D eigenvalue weighted by Crippen LogP contribution is -2.28. The Balaban J connectivity index is 1.32. The maximum Gasteiger partial charge on any atom is 0.339 e. The number of carbonyl (C=O) groups excluding carboxylic acids is 3. The second-order valence-corrected chi connectivity index (χ2v) is 9.19. The second-order valence-electron chi connectivity index (χ2n) is 9.19. The first kappa shape index (κ1) is 22.1. The monoisotopic (exact) mass is 457 g/mol. The lowest BCUT2D eigenvalue weighted by molar-refractivity contribution is -0.119. The molecule has 2 aliphatic rings. The van der Waals surface area contributed by atoms with E-state index in [4.69, 9.17) is 9.72 Å². The quantitative estimate of drug-likeness (QED) is 0.545. The van der Waals surface area contributed by atoms with E-state index >= 15 is 0 Å². The summed E-state index contributed by atoms with van der Waals surface area (Å²) in [6.07, 6.45) is 4.56. The molecule has 0 bridgehead atoms. The molecule has 1 unspecified atom stereocenters. The van der Waals surface area contributed by atoms with Crippen molar-refractivity contribution in [2.75, 3.05) is 11.9 Å². The fraction of sp³-hybridized carbons (Fsp3) is 0.333. The first-order chi connectivity index (χ1) is 16.5. The SMILES string of the molecule is CC1CCc2nc3ccccc3c(C(=O)OCC(=O)Nc3ccccc3C(=O)NC3CC3)c2C1. The van der Waals surface area contributed by atoms with E-state index < -0.39 is 18.5 Å². The molecule has 34 heavy (non-hydrogen) atoms. The zero-order valence-electron chi connectivity index (χ0n) is 19.1. The molecule has 2 amide bonds. The van der Waals surface area contributed by atoms with Gasteiger partial charge in [0.25, 0.3) is 11.8 Å². The lowest BCUT2D eigenvalue weighted by Gasteiger charge is -2.24. The molecule has 1 heterocycles. The molecule has 0 aliphatic heterocycles. The Labute approximate surface area is 197 Å². The Morgan fingerprint density at radius 1 is 1.03 bits per heavy atom. The van der Waals surface area contributed by atoms with Crippen molar-refractivity contribution in [3.8, 4) is 0 Å². The number of fused-ring (bicyclic) bond motifs is 2. The number of esters is 1. The van der Waals surface area contributed by atoms with Crippen molar-refractivity contribution < 1.29 is 19.1 Å². The van der Waals surface area contributed by atoms with E-state index in [1.165, 1.54) is 0 Å². The molecule has 174 valence electrons. The Morgan fingerprint density at radius 2 is 1.79 bits per heavy atom. The third-order valence-electron chi connectivity index (χ3n) is 6.40. The van der Waals surface area contributed by atoms with Crippen molar-refractivity contribution in [1.29, 1.82) is 0 Å². The minimum atomic E-state index is -0.529. The number of rotatable bonds is 6. The number of aromatic nitrogens is 1. The largest absolute Gasteiger partial charge is 0.452 e. The van der Waals surface area contributed by atoms with Crippen LogP contribution in [0.25, 0.3) is 10.9 Å². The summed E-state index contributed by atoms with van der Waals surface area (Å²) in [5.41, 5.74) is 3.89. The fourth-order valence-corrected chi connectivity index (χ4v) is 4.47. The van der Waals surface area contributed by atoms with Crippen LogP contribution in [-0.2, 0) is 22.4 Å². The number of para-hydroxylation sites is 2. The Morgan fingerprint density at radius 3 is 2.62 bits per heavy atom. The van der Waals surface area contributed by atoms with Crippen molar-refractivity contribution in [3.05, 3.63) is 70.9 Å². The summed E-state index contributed by atoms with van der Waals surface area (Å²) in [5, 5.41) is 6.37. The molecule has 7 heteroatoms. The number of amides is 2. The van der Waals surface area contributed by atoms with Crippen LogP contribution < -0.4 is 10.6 Å². The Hall–Kier alpha value is -3.74. The minimum Gasteiger partial charge on any atom is -0.452 e. The van der Waals surface area contributed by atoms with Gasteiger partial charge in [0.05, 0.1) is 22.3 Å². The molecule has 2 N–H and O–H groups in total. The highest BCUT2D eigenvalue weighted by Gasteiger charge is 2.27. The van der Waals surface area contributed by atoms with Crippen molar-refractivity contribution in [2.24, 2.45) is 5.92 Å². The van der Waals surface area contributed by atoms with E-state index in [2.05, 4.69) is 17.6 Å². The molecule has 2 aromatic carbocycles. The van der Waals surface area contributed by atoms with Crippen LogP contribution in [0.4, 0.5) is 5.69 Å². The van der Waals surface area contributed by atoms with Gasteiger partial charge < -0.3 is 15.4 Å². The molecular weight excluding hydrogens is 430 g/mol. The van der Waals surface area contributed by atoms with Gasteiger partial charge in [-0.2, -0.15) is 0 Å². The number of ether oxygens (including phenoxy) is 1. The number of pyridine rings is 1. The van der Waals surface area contributed by atoms with E-state index in [9.17, 15) is 14.4 Å². The maximum atomic E-state index is 13.2. The summed E-state index contributed by atoms with van der Waals surface area (Å²) in [4.78, 5) is 43.1. The normalized spacial score (nSPS) is 17.0. The predicted octanol–water partition coefficient (Wildman–Crippen LogP) is 4.05. The van der Waals surface area contributed by atoms with E-state index in [1.54, 1.807) is 24.3 Å². The van der Waals surface area contributed by atoms with Gasteiger partial charge in [0.1, 0.15) is 0 Å². The topological polar surface area (TPSA) is 97.4 Å². The van der Waals surface area contributed by atoms with Crippen molar-refractivity contribution in [1.82, 2.24) is 10.3 Å². The Bertz CT molecular complexity index is 1280. The molecule has 5 rings (SSSR count). The molecule has 2 aliphatic carbocycles. The lowest BCUT2D eigenvalue weighted by atomic mass is 9.84. The van der Waals surface area contributed by atoms with E-state index in [0.717, 1.165) is 54.3 Å². The molecule has 1 saturated carbocycles. The highest BCUT2D eigenvalue weighted by atomic mass is 16.5. The predicted molar refractivity (Wildman–Crippen MR) is 129 cm³/mol. The van der Waals surface area contributed by atoms with E-state index in [1.807, 2.05) is 24.3 Å². The molecule has 0 radical (unpaired) electrons. The molecule has 1 atom stereocenters. The molecular formula is C27H27N3O4. The summed E-state index contributed by atoms with van der Waals surface area (Å²) in [7, 11) is 0. The molecule has 0 spiro atoms. The van der Waals surface area contributed by atoms with Crippen LogP contribution >= 0.6 is 0 Å². The van der Waals surface area contributed by atoms with Crippen LogP contribution in [0.15, 0.2) is 48.5 Å². The van der Waals surface area contributed by atoms with E-state index in [-0.39, 0.29) is 11.9 Å². The maximum absolute atomic E-state index is 13.2. The number of aryl methyl sites for hydroxylation is 1. The van der Waals surface area contributed by atoms with E-state index in [0.29, 0.717) is 22.7 Å². The third-order valence-corrected chi connectivity index (χ3v) is 6.40. The minimum absolute atomic E-state index is 0.209. The van der Waals surface area contributed by atoms with Crippen LogP contribution in [-0.4, -0.2) is 35.4 Å². The number of anilines is 1. The number of nitrogens with zero attached hydrogens (tertiary/aromatic N) is 1. The van der Waals surface area contributed by atoms with Crippen LogP contribution in [0, 0.1) is 5.92 Å². The van der Waals surface area contributed by atoms with Crippen molar-refractivity contribution in [2.45, 2.75) is 45.1 Å². The Kier molecular flexibility index (Phi) is 6.01. The van der Waals surface area contributed by atoms with Gasteiger partial charge in [-0.3, -0.25) is 14.6 Å². The highest BCUT2D eigenvalue weighted by molar-refractivity contribution is 6.07. The highest BCUT2D eigenvalue weighted by Crippen LogP contribution is 2.32. The smallest absolute Gasteiger partial charge is 0.339 e. The number of nitrogens with one attached hydrogen (secondary N) is 2. The number of hydrogen-bond donors (Lipinski definition) is 2. The molecule has 0 saturated heterocycles. The molecule has 3 aromatic rings. The summed E-state index contributed by atoms with van der Waals surface area (Å²) < 4.78 is 5.47. The standard InChI is InChI=1S/C27H27N3O4/c1-16-10-13-23-20(14-16)25(18-6-2-4-8-21(18)29-23)27(33)34-15-24(31)30-22-9-5-3-7-19(22)26(32)28-17-11-12-17/h2-9,16-17H,10-15H2,1H3,(H,28,32)(H,30,31). The number of hydrogen-bond acceptors (Lipinski definition) is 5. The fourth-order valence-electron chi connectivity index (χ4n) is 4.47. The zero-order valence-corrected chi connectivity index (χ0v) is 19.1. The van der Waals surface area contributed by atoms with Gasteiger partial charge >= 0.3 is 5.97 Å². The summed E-state index contributed by atoms with van der Waals surface area (Å²) >= 11 is 0. The summed E-state index contributed by atoms with van der Waals surface area (Å²) in [5.74, 6) is -0.803. The first-order valence-electron chi connectivity index (χ1n) is 11.8. The van der Waals surface area contributed by atoms with Crippen LogP contribution in [0.2, 0.25) is 0 Å². The number of benzene rings is 2. The average Bonchev–Trinajstić information content (AvgIpc) is 3.65. The van der Waals surface area contributed by atoms with Crippen molar-refractivity contribution in [3.63, 3.8) is 0 Å². The van der Waals surface area contributed by atoms with Gasteiger partial charge in [-0.05, 0) is 61.8 Å². The van der Waals surface area contributed by atoms with Gasteiger partial charge in [-0.1, -0.05) is 37.3 Å². The van der Waals surface area contributed by atoms with Crippen LogP contribution in [0.3, 0.4) is 0 Å². The molecule has 7 nitrogen and oxygen atoms in total. The zero-order chi connectivity index (χ0) is 23.7. The molecule has 1 fully saturated rings. The second kappa shape index (κ2) is 9.25. The number of carbonyl (C=O) groups is 3.